The highest BCUT2D eigenvalue weighted by molar-refractivity contribution is 5.89. The van der Waals surface area contributed by atoms with Gasteiger partial charge < -0.3 is 33.2 Å². The Labute approximate surface area is 214 Å². The van der Waals surface area contributed by atoms with Crippen molar-refractivity contribution >= 4 is 5.97 Å². The van der Waals surface area contributed by atoms with Crippen molar-refractivity contribution in [3.63, 3.8) is 0 Å². The van der Waals surface area contributed by atoms with Crippen LogP contribution in [-0.2, 0) is 28.4 Å². The minimum Gasteiger partial charge on any atom is -0.465 e. The largest absolute Gasteiger partial charge is 0.465 e. The average Bonchev–Trinajstić information content (AvgIpc) is 3.81. The van der Waals surface area contributed by atoms with Gasteiger partial charge in [0, 0.05) is 6.42 Å². The lowest BCUT2D eigenvalue weighted by Crippen LogP contribution is -2.33. The summed E-state index contributed by atoms with van der Waals surface area (Å²) in [6.07, 6.45) is 6.61. The van der Waals surface area contributed by atoms with Crippen LogP contribution in [0, 0.1) is 0 Å². The molecule has 0 radical (unpaired) electrons. The van der Waals surface area contributed by atoms with Crippen LogP contribution < -0.4 is 4.74 Å². The van der Waals surface area contributed by atoms with Crippen molar-refractivity contribution in [3.8, 4) is 5.75 Å². The van der Waals surface area contributed by atoms with Gasteiger partial charge in [0.15, 0.2) is 12.6 Å². The van der Waals surface area contributed by atoms with Gasteiger partial charge in [-0.3, -0.25) is 0 Å². The van der Waals surface area contributed by atoms with Gasteiger partial charge in [-0.25, -0.2) is 4.79 Å². The van der Waals surface area contributed by atoms with Crippen molar-refractivity contribution in [2.24, 2.45) is 0 Å². The Kier molecular flexibility index (Phi) is 10.0. The molecular weight excluding hydrogens is 464 g/mol. The molecule has 0 aromatic heterocycles. The number of hydrogen-bond acceptors (Lipinski definition) is 8. The number of carbonyl (C=O) groups is 1. The van der Waals surface area contributed by atoms with Gasteiger partial charge in [-0.1, -0.05) is 26.7 Å². The van der Waals surface area contributed by atoms with E-state index in [0.717, 1.165) is 64.6 Å². The van der Waals surface area contributed by atoms with Crippen molar-refractivity contribution in [1.82, 2.24) is 0 Å². The number of carbonyl (C=O) groups excluding carboxylic acids is 1. The van der Waals surface area contributed by atoms with Crippen LogP contribution >= 0.6 is 0 Å². The number of rotatable bonds is 16. The number of hydrogen-bond donors (Lipinski definition) is 0. The summed E-state index contributed by atoms with van der Waals surface area (Å²) >= 11 is 0. The maximum atomic E-state index is 12.7. The minimum absolute atomic E-state index is 0.0930. The van der Waals surface area contributed by atoms with E-state index in [-0.39, 0.29) is 42.5 Å². The molecule has 1 aromatic rings. The number of epoxide rings is 2. The topological polar surface area (TPSA) is 88.3 Å². The zero-order chi connectivity index (χ0) is 25.4. The predicted octanol–water partition coefficient (Wildman–Crippen LogP) is 5.02. The fourth-order valence-corrected chi connectivity index (χ4v) is 4.23. The number of ether oxygens (including phenoxy) is 7. The van der Waals surface area contributed by atoms with Crippen molar-refractivity contribution in [3.05, 3.63) is 29.8 Å². The Balaban J connectivity index is 1.17. The fourth-order valence-electron chi connectivity index (χ4n) is 4.23. The van der Waals surface area contributed by atoms with Gasteiger partial charge in [-0.2, -0.15) is 0 Å². The molecule has 1 aliphatic carbocycles. The Hall–Kier alpha value is -1.71. The third-order valence-electron chi connectivity index (χ3n) is 6.73. The van der Waals surface area contributed by atoms with Crippen LogP contribution in [0.15, 0.2) is 24.3 Å². The number of benzene rings is 1. The molecule has 2 aliphatic heterocycles. The summed E-state index contributed by atoms with van der Waals surface area (Å²) < 4.78 is 40.4. The highest BCUT2D eigenvalue weighted by Crippen LogP contribution is 2.29. The van der Waals surface area contributed by atoms with Crippen molar-refractivity contribution in [2.45, 2.75) is 109 Å². The molecule has 2 heterocycles. The first-order chi connectivity index (χ1) is 17.5. The second kappa shape index (κ2) is 13.2. The molecule has 4 rings (SSSR count). The van der Waals surface area contributed by atoms with Crippen LogP contribution in [0.2, 0.25) is 0 Å². The molecule has 8 heteroatoms. The maximum absolute atomic E-state index is 12.7. The minimum atomic E-state index is -0.318. The molecule has 3 fully saturated rings. The Morgan fingerprint density at radius 3 is 2.25 bits per heavy atom. The molecule has 8 nitrogen and oxygen atoms in total. The van der Waals surface area contributed by atoms with E-state index < -0.39 is 0 Å². The molecule has 0 spiro atoms. The van der Waals surface area contributed by atoms with E-state index in [1.54, 1.807) is 24.3 Å². The first kappa shape index (κ1) is 27.3. The Bertz CT molecular complexity index is 796. The molecule has 4 unspecified atom stereocenters. The maximum Gasteiger partial charge on any atom is 0.338 e. The standard InChI is InChI=1S/C28H42O8/c1-4-6-25(31-17-24-16-30-24)34-21-10-8-20(9-11-21)27(29)36-23-14-12-22(13-15-23)35-26(7-5-2)32-18-28(3)19-33-28/h8-11,22-26H,4-7,12-19H2,1-3H3. The zero-order valence-corrected chi connectivity index (χ0v) is 21.9. The Morgan fingerprint density at radius 2 is 1.64 bits per heavy atom. The second-order valence-corrected chi connectivity index (χ2v) is 10.4. The summed E-state index contributed by atoms with van der Waals surface area (Å²) in [6, 6.07) is 7.08. The molecule has 36 heavy (non-hydrogen) atoms. The van der Waals surface area contributed by atoms with E-state index in [2.05, 4.69) is 20.8 Å². The fraction of sp³-hybridized carbons (Fsp3) is 0.750. The third-order valence-corrected chi connectivity index (χ3v) is 6.73. The molecule has 4 atom stereocenters. The van der Waals surface area contributed by atoms with E-state index in [9.17, 15) is 4.79 Å². The van der Waals surface area contributed by atoms with E-state index in [1.165, 1.54) is 0 Å². The lowest BCUT2D eigenvalue weighted by atomic mass is 9.95. The van der Waals surface area contributed by atoms with E-state index in [0.29, 0.717) is 24.5 Å². The van der Waals surface area contributed by atoms with Crippen molar-refractivity contribution in [2.75, 3.05) is 26.4 Å². The van der Waals surface area contributed by atoms with E-state index in [1.807, 2.05) is 0 Å². The monoisotopic (exact) mass is 506 g/mol. The summed E-state index contributed by atoms with van der Waals surface area (Å²) in [5, 5.41) is 0. The second-order valence-electron chi connectivity index (χ2n) is 10.4. The predicted molar refractivity (Wildman–Crippen MR) is 133 cm³/mol. The molecule has 0 amide bonds. The van der Waals surface area contributed by atoms with Gasteiger partial charge >= 0.3 is 5.97 Å². The van der Waals surface area contributed by atoms with E-state index >= 15 is 0 Å². The summed E-state index contributed by atoms with van der Waals surface area (Å²) in [6.45, 7) is 8.90. The highest BCUT2D eigenvalue weighted by Gasteiger charge is 2.40. The number of esters is 1. The van der Waals surface area contributed by atoms with Gasteiger partial charge in [-0.15, -0.1) is 0 Å². The van der Waals surface area contributed by atoms with Crippen LogP contribution in [0.4, 0.5) is 0 Å². The van der Waals surface area contributed by atoms with Gasteiger partial charge in [0.1, 0.15) is 23.6 Å². The van der Waals surface area contributed by atoms with Gasteiger partial charge in [0.25, 0.3) is 0 Å². The summed E-state index contributed by atoms with van der Waals surface area (Å²) in [4.78, 5) is 12.7. The molecule has 0 bridgehead atoms. The van der Waals surface area contributed by atoms with Crippen LogP contribution in [0.1, 0.15) is 82.5 Å². The molecule has 0 N–H and O–H groups in total. The molecule has 2 saturated heterocycles. The first-order valence-corrected chi connectivity index (χ1v) is 13.6. The highest BCUT2D eigenvalue weighted by atomic mass is 16.7. The van der Waals surface area contributed by atoms with Crippen LogP contribution in [0.5, 0.6) is 5.75 Å². The van der Waals surface area contributed by atoms with Gasteiger partial charge in [0.05, 0.1) is 38.1 Å². The van der Waals surface area contributed by atoms with Crippen molar-refractivity contribution in [1.29, 1.82) is 0 Å². The average molecular weight is 507 g/mol. The van der Waals surface area contributed by atoms with Crippen molar-refractivity contribution < 1.29 is 38.0 Å². The zero-order valence-electron chi connectivity index (χ0n) is 21.9. The van der Waals surface area contributed by atoms with Crippen LogP contribution in [0.25, 0.3) is 0 Å². The summed E-state index contributed by atoms with van der Waals surface area (Å²) in [7, 11) is 0. The van der Waals surface area contributed by atoms with E-state index in [4.69, 9.17) is 33.2 Å². The third kappa shape index (κ3) is 8.99. The lowest BCUT2D eigenvalue weighted by molar-refractivity contribution is -0.189. The molecular formula is C28H42O8. The summed E-state index contributed by atoms with van der Waals surface area (Å²) in [5.74, 6) is 0.369. The van der Waals surface area contributed by atoms with Gasteiger partial charge in [0.2, 0.25) is 0 Å². The molecule has 202 valence electrons. The Morgan fingerprint density at radius 1 is 1.00 bits per heavy atom. The summed E-state index contributed by atoms with van der Waals surface area (Å²) in [5.41, 5.74) is 0.384. The first-order valence-electron chi connectivity index (χ1n) is 13.6. The molecule has 1 saturated carbocycles. The SMILES string of the molecule is CCCC(OCC1CO1)Oc1ccc(C(=O)OC2CCC(OC(CCC)OCC3(C)CO3)CC2)cc1. The van der Waals surface area contributed by atoms with Crippen LogP contribution in [0.3, 0.4) is 0 Å². The normalized spacial score (nSPS) is 28.8. The molecule has 3 aliphatic rings. The lowest BCUT2D eigenvalue weighted by Gasteiger charge is -2.31. The molecule has 1 aromatic carbocycles. The van der Waals surface area contributed by atoms with Gasteiger partial charge in [-0.05, 0) is 63.3 Å². The smallest absolute Gasteiger partial charge is 0.338 e. The quantitative estimate of drug-likeness (QED) is 0.175. The van der Waals surface area contributed by atoms with Crippen LogP contribution in [-0.4, -0.2) is 68.9 Å².